The van der Waals surface area contributed by atoms with Crippen LogP contribution in [0.15, 0.2) is 81.8 Å². The van der Waals surface area contributed by atoms with E-state index in [0.717, 1.165) is 11.1 Å². The summed E-state index contributed by atoms with van der Waals surface area (Å²) in [6.45, 7) is 3.77. The van der Waals surface area contributed by atoms with E-state index in [9.17, 15) is 9.59 Å². The van der Waals surface area contributed by atoms with E-state index in [4.69, 9.17) is 9.47 Å². The van der Waals surface area contributed by atoms with E-state index in [0.29, 0.717) is 39.0 Å². The molecule has 0 radical (unpaired) electrons. The summed E-state index contributed by atoms with van der Waals surface area (Å²) < 4.78 is 12.1. The van der Waals surface area contributed by atoms with Crippen molar-refractivity contribution in [2.75, 3.05) is 20.0 Å². The molecule has 3 aromatic carbocycles. The van der Waals surface area contributed by atoms with Gasteiger partial charge in [-0.3, -0.25) is 14.2 Å². The van der Waals surface area contributed by atoms with Crippen LogP contribution < -0.4 is 20.5 Å². The Kier molecular flexibility index (Phi) is 7.70. The van der Waals surface area contributed by atoms with E-state index < -0.39 is 0 Å². The zero-order chi connectivity index (χ0) is 25.7. The summed E-state index contributed by atoms with van der Waals surface area (Å²) in [5.74, 6) is 0.886. The van der Waals surface area contributed by atoms with Crippen molar-refractivity contribution in [2.24, 2.45) is 5.10 Å². The number of nitrogens with zero attached hydrogens (tertiary/aromatic N) is 3. The Balaban J connectivity index is 1.55. The second kappa shape index (κ2) is 11.1. The number of hydrogen-bond donors (Lipinski definition) is 1. The Morgan fingerprint density at radius 1 is 1.03 bits per heavy atom. The van der Waals surface area contributed by atoms with Crippen molar-refractivity contribution < 1.29 is 14.3 Å². The number of aryl methyl sites for hydroxylation is 1. The highest BCUT2D eigenvalue weighted by atomic mass is 32.2. The lowest BCUT2D eigenvalue weighted by Crippen LogP contribution is -2.24. The van der Waals surface area contributed by atoms with Gasteiger partial charge >= 0.3 is 0 Å². The van der Waals surface area contributed by atoms with Crippen LogP contribution in [0.1, 0.15) is 18.1 Å². The van der Waals surface area contributed by atoms with Crippen LogP contribution in [0.3, 0.4) is 0 Å². The maximum atomic E-state index is 13.3. The van der Waals surface area contributed by atoms with Crippen LogP contribution in [-0.2, 0) is 4.79 Å². The molecule has 8 nitrogen and oxygen atoms in total. The number of fused-ring (bicyclic) bond motifs is 1. The van der Waals surface area contributed by atoms with Crippen molar-refractivity contribution in [3.63, 3.8) is 0 Å². The lowest BCUT2D eigenvalue weighted by atomic mass is 10.1. The molecule has 0 spiro atoms. The Bertz CT molecular complexity index is 1500. The SMILES string of the molecule is COc1ccc(/C(C)=N/NC(=O)CSc2nc3ccccc3c(=O)n2-c2ccc(C)cc2)cc1OC. The number of carbonyl (C=O) groups is 1. The number of ether oxygens (including phenoxy) is 2. The summed E-state index contributed by atoms with van der Waals surface area (Å²) >= 11 is 1.18. The number of benzene rings is 3. The van der Waals surface area contributed by atoms with E-state index in [2.05, 4.69) is 15.5 Å². The summed E-state index contributed by atoms with van der Waals surface area (Å²) in [6, 6.07) is 20.2. The first-order valence-corrected chi connectivity index (χ1v) is 12.2. The van der Waals surface area contributed by atoms with Gasteiger partial charge in [-0.1, -0.05) is 41.6 Å². The topological polar surface area (TPSA) is 94.8 Å². The second-order valence-corrected chi connectivity index (χ2v) is 8.92. The Morgan fingerprint density at radius 3 is 2.47 bits per heavy atom. The molecule has 0 unspecified atom stereocenters. The molecule has 184 valence electrons. The number of rotatable bonds is 8. The Labute approximate surface area is 213 Å². The Hall–Kier alpha value is -4.11. The second-order valence-electron chi connectivity index (χ2n) is 7.98. The normalized spacial score (nSPS) is 11.4. The molecule has 1 aromatic heterocycles. The monoisotopic (exact) mass is 502 g/mol. The first-order valence-electron chi connectivity index (χ1n) is 11.2. The third kappa shape index (κ3) is 5.41. The average molecular weight is 503 g/mol. The number of nitrogens with one attached hydrogen (secondary N) is 1. The molecule has 0 atom stereocenters. The fraction of sp³-hybridized carbons (Fsp3) is 0.185. The van der Waals surface area contributed by atoms with Gasteiger partial charge in [-0.25, -0.2) is 10.4 Å². The van der Waals surface area contributed by atoms with E-state index in [1.807, 2.05) is 49.4 Å². The van der Waals surface area contributed by atoms with Crippen LogP contribution >= 0.6 is 11.8 Å². The highest BCUT2D eigenvalue weighted by molar-refractivity contribution is 7.99. The number of amides is 1. The zero-order valence-electron chi connectivity index (χ0n) is 20.4. The van der Waals surface area contributed by atoms with Crippen molar-refractivity contribution in [1.29, 1.82) is 0 Å². The summed E-state index contributed by atoms with van der Waals surface area (Å²) in [5, 5.41) is 5.16. The molecule has 0 aliphatic carbocycles. The average Bonchev–Trinajstić information content (AvgIpc) is 2.91. The summed E-state index contributed by atoms with van der Waals surface area (Å²) in [4.78, 5) is 30.6. The molecule has 4 rings (SSSR count). The largest absolute Gasteiger partial charge is 0.493 e. The fourth-order valence-corrected chi connectivity index (χ4v) is 4.37. The van der Waals surface area contributed by atoms with Gasteiger partial charge in [0.1, 0.15) is 0 Å². The van der Waals surface area contributed by atoms with Gasteiger partial charge in [0.2, 0.25) is 0 Å². The molecule has 36 heavy (non-hydrogen) atoms. The number of methoxy groups -OCH3 is 2. The maximum Gasteiger partial charge on any atom is 0.266 e. The molecule has 0 aliphatic rings. The predicted octanol–water partition coefficient (Wildman–Crippen LogP) is 4.34. The minimum Gasteiger partial charge on any atom is -0.493 e. The van der Waals surface area contributed by atoms with Crippen LogP contribution in [0.25, 0.3) is 16.6 Å². The van der Waals surface area contributed by atoms with Gasteiger partial charge in [0.25, 0.3) is 11.5 Å². The smallest absolute Gasteiger partial charge is 0.266 e. The molecule has 4 aromatic rings. The number of para-hydroxylation sites is 1. The first kappa shape index (κ1) is 25.0. The number of thioether (sulfide) groups is 1. The van der Waals surface area contributed by atoms with Gasteiger partial charge in [-0.05, 0) is 56.3 Å². The highest BCUT2D eigenvalue weighted by Gasteiger charge is 2.15. The first-order chi connectivity index (χ1) is 17.4. The third-order valence-electron chi connectivity index (χ3n) is 5.52. The van der Waals surface area contributed by atoms with Gasteiger partial charge in [0.05, 0.1) is 42.3 Å². The molecule has 1 amide bonds. The minimum absolute atomic E-state index is 0.0271. The molecule has 0 fully saturated rings. The summed E-state index contributed by atoms with van der Waals surface area (Å²) in [7, 11) is 3.13. The van der Waals surface area contributed by atoms with E-state index in [-0.39, 0.29) is 17.2 Å². The number of aromatic nitrogens is 2. The molecule has 0 saturated heterocycles. The minimum atomic E-state index is -0.322. The number of hydrogen-bond acceptors (Lipinski definition) is 7. The molecular weight excluding hydrogens is 476 g/mol. The van der Waals surface area contributed by atoms with Crippen LogP contribution in [0.5, 0.6) is 11.5 Å². The molecule has 0 bridgehead atoms. The molecule has 1 N–H and O–H groups in total. The number of hydrazone groups is 1. The number of carbonyl (C=O) groups excluding carboxylic acids is 1. The van der Waals surface area contributed by atoms with Crippen molar-refractivity contribution in [3.8, 4) is 17.2 Å². The van der Waals surface area contributed by atoms with Crippen molar-refractivity contribution >= 4 is 34.3 Å². The van der Waals surface area contributed by atoms with E-state index in [1.165, 1.54) is 16.3 Å². The predicted molar refractivity (Wildman–Crippen MR) is 143 cm³/mol. The molecule has 0 saturated carbocycles. The summed E-state index contributed by atoms with van der Waals surface area (Å²) in [6.07, 6.45) is 0. The van der Waals surface area contributed by atoms with Gasteiger partial charge < -0.3 is 9.47 Å². The van der Waals surface area contributed by atoms with Crippen LogP contribution in [0.2, 0.25) is 0 Å². The van der Waals surface area contributed by atoms with Crippen LogP contribution in [0.4, 0.5) is 0 Å². The van der Waals surface area contributed by atoms with Crippen molar-refractivity contribution in [2.45, 2.75) is 19.0 Å². The third-order valence-corrected chi connectivity index (χ3v) is 6.46. The van der Waals surface area contributed by atoms with Crippen LogP contribution in [0, 0.1) is 6.92 Å². The van der Waals surface area contributed by atoms with Crippen molar-refractivity contribution in [1.82, 2.24) is 15.0 Å². The Morgan fingerprint density at radius 2 is 1.75 bits per heavy atom. The lowest BCUT2D eigenvalue weighted by Gasteiger charge is -2.13. The van der Waals surface area contributed by atoms with Gasteiger partial charge in [-0.15, -0.1) is 0 Å². The summed E-state index contributed by atoms with van der Waals surface area (Å²) in [5.41, 5.74) is 6.13. The standard InChI is InChI=1S/C27H26N4O4S/c1-17-9-12-20(13-10-17)31-26(33)21-7-5-6-8-22(21)28-27(31)36-16-25(32)30-29-18(2)19-11-14-23(34-3)24(15-19)35-4/h5-15H,16H2,1-4H3,(H,30,32)/b29-18+. The zero-order valence-corrected chi connectivity index (χ0v) is 21.3. The quantitative estimate of drug-likeness (QED) is 0.167. The molecule has 0 aliphatic heterocycles. The van der Waals surface area contributed by atoms with E-state index >= 15 is 0 Å². The van der Waals surface area contributed by atoms with Gasteiger partial charge in [0.15, 0.2) is 16.7 Å². The van der Waals surface area contributed by atoms with Gasteiger partial charge in [0, 0.05) is 5.56 Å². The maximum absolute atomic E-state index is 13.3. The molecular formula is C27H26N4O4S. The fourth-order valence-electron chi connectivity index (χ4n) is 3.57. The van der Waals surface area contributed by atoms with Gasteiger partial charge in [-0.2, -0.15) is 5.10 Å². The lowest BCUT2D eigenvalue weighted by molar-refractivity contribution is -0.118. The molecule has 9 heteroatoms. The van der Waals surface area contributed by atoms with E-state index in [1.54, 1.807) is 45.4 Å². The van der Waals surface area contributed by atoms with Crippen LogP contribution in [-0.4, -0.2) is 41.1 Å². The molecule has 1 heterocycles. The highest BCUT2D eigenvalue weighted by Crippen LogP contribution is 2.27. The van der Waals surface area contributed by atoms with Crippen molar-refractivity contribution in [3.05, 3.63) is 88.2 Å².